The van der Waals surface area contributed by atoms with Crippen LogP contribution in [-0.4, -0.2) is 48.7 Å². The Bertz CT molecular complexity index is 134. The van der Waals surface area contributed by atoms with Crippen LogP contribution in [0.1, 0.15) is 26.7 Å². The normalized spacial score (nSPS) is 16.3. The number of aliphatic hydroxyl groups excluding tert-OH is 1. The molecule has 0 atom stereocenters. The predicted molar refractivity (Wildman–Crippen MR) is 57.1 cm³/mol. The van der Waals surface area contributed by atoms with Gasteiger partial charge in [0.15, 0.2) is 0 Å². The van der Waals surface area contributed by atoms with Crippen molar-refractivity contribution in [2.24, 2.45) is 0 Å². The van der Waals surface area contributed by atoms with E-state index in [9.17, 15) is 4.79 Å². The summed E-state index contributed by atoms with van der Waals surface area (Å²) >= 11 is 0. The summed E-state index contributed by atoms with van der Waals surface area (Å²) in [5.74, 6) is 0. The van der Waals surface area contributed by atoms with Gasteiger partial charge >= 0.3 is 0 Å². The van der Waals surface area contributed by atoms with Gasteiger partial charge in [-0.15, -0.1) is 0 Å². The van der Waals surface area contributed by atoms with Gasteiger partial charge in [-0.1, -0.05) is 0 Å². The first-order valence-corrected chi connectivity index (χ1v) is 5.24. The fourth-order valence-corrected chi connectivity index (χ4v) is 1.38. The van der Waals surface area contributed by atoms with E-state index < -0.39 is 0 Å². The van der Waals surface area contributed by atoms with Crippen molar-refractivity contribution in [3.8, 4) is 0 Å². The zero-order chi connectivity index (χ0) is 10.8. The average molecular weight is 202 g/mol. The molecule has 84 valence electrons. The number of nitrogens with zero attached hydrogens (tertiary/aromatic N) is 1. The van der Waals surface area contributed by atoms with E-state index in [4.69, 9.17) is 5.11 Å². The molecule has 14 heavy (non-hydrogen) atoms. The van der Waals surface area contributed by atoms with Crippen LogP contribution in [0.3, 0.4) is 0 Å². The van der Waals surface area contributed by atoms with Crippen molar-refractivity contribution in [3.05, 3.63) is 0 Å². The molecule has 0 aromatic heterocycles. The maximum absolute atomic E-state index is 9.34. The first-order valence-electron chi connectivity index (χ1n) is 5.24. The van der Waals surface area contributed by atoms with Gasteiger partial charge in [-0.05, 0) is 39.8 Å². The third-order valence-electron chi connectivity index (χ3n) is 2.21. The Labute approximate surface area is 86.3 Å². The first kappa shape index (κ1) is 13.4. The zero-order valence-corrected chi connectivity index (χ0v) is 9.20. The molecule has 1 amide bonds. The van der Waals surface area contributed by atoms with E-state index >= 15 is 0 Å². The van der Waals surface area contributed by atoms with Gasteiger partial charge in [-0.2, -0.15) is 0 Å². The summed E-state index contributed by atoms with van der Waals surface area (Å²) in [6.07, 6.45) is 3.38. The summed E-state index contributed by atoms with van der Waals surface area (Å²) in [4.78, 5) is 11.9. The van der Waals surface area contributed by atoms with Crippen molar-refractivity contribution in [2.75, 3.05) is 26.2 Å². The summed E-state index contributed by atoms with van der Waals surface area (Å²) in [7, 11) is 0. The highest BCUT2D eigenvalue weighted by atomic mass is 16.3. The SMILES string of the molecule is CC(C)N1CCCC1.O=CNCCO. The van der Waals surface area contributed by atoms with E-state index in [0.717, 1.165) is 6.04 Å². The number of likely N-dealkylation sites (tertiary alicyclic amines) is 1. The number of hydrogen-bond donors (Lipinski definition) is 2. The number of aliphatic hydroxyl groups is 1. The quantitative estimate of drug-likeness (QED) is 0.506. The molecule has 0 saturated carbocycles. The molecule has 1 aliphatic heterocycles. The summed E-state index contributed by atoms with van der Waals surface area (Å²) in [6.45, 7) is 7.56. The minimum Gasteiger partial charge on any atom is -0.395 e. The third-order valence-corrected chi connectivity index (χ3v) is 2.21. The standard InChI is InChI=1S/C7H15N.C3H7NO2/c1-7(2)8-5-3-4-6-8;5-2-1-4-3-6/h7H,3-6H2,1-2H3;3,5H,1-2H2,(H,4,6). The Morgan fingerprint density at radius 1 is 1.43 bits per heavy atom. The zero-order valence-electron chi connectivity index (χ0n) is 9.20. The highest BCUT2D eigenvalue weighted by molar-refractivity contribution is 5.45. The molecule has 4 nitrogen and oxygen atoms in total. The van der Waals surface area contributed by atoms with Crippen molar-refractivity contribution in [3.63, 3.8) is 0 Å². The smallest absolute Gasteiger partial charge is 0.207 e. The molecule has 0 aromatic carbocycles. The van der Waals surface area contributed by atoms with E-state index in [0.29, 0.717) is 13.0 Å². The van der Waals surface area contributed by atoms with Crippen molar-refractivity contribution >= 4 is 6.41 Å². The second kappa shape index (κ2) is 8.97. The molecular formula is C10H22N2O2. The Balaban J connectivity index is 0.000000255. The lowest BCUT2D eigenvalue weighted by atomic mass is 10.3. The maximum Gasteiger partial charge on any atom is 0.207 e. The molecule has 4 heteroatoms. The van der Waals surface area contributed by atoms with Gasteiger partial charge in [0.1, 0.15) is 0 Å². The second-order valence-electron chi connectivity index (χ2n) is 3.63. The fraction of sp³-hybridized carbons (Fsp3) is 0.900. The molecule has 0 unspecified atom stereocenters. The lowest BCUT2D eigenvalue weighted by Crippen LogP contribution is -2.26. The van der Waals surface area contributed by atoms with E-state index in [1.807, 2.05) is 0 Å². The van der Waals surface area contributed by atoms with Crippen LogP contribution in [0.15, 0.2) is 0 Å². The summed E-state index contributed by atoms with van der Waals surface area (Å²) < 4.78 is 0. The van der Waals surface area contributed by atoms with Crippen LogP contribution in [-0.2, 0) is 4.79 Å². The molecule has 1 heterocycles. The topological polar surface area (TPSA) is 52.6 Å². The van der Waals surface area contributed by atoms with Gasteiger partial charge in [-0.3, -0.25) is 4.79 Å². The average Bonchev–Trinajstić information content (AvgIpc) is 2.68. The molecule has 1 aliphatic rings. The largest absolute Gasteiger partial charge is 0.395 e. The Morgan fingerprint density at radius 2 is 2.00 bits per heavy atom. The van der Waals surface area contributed by atoms with Crippen molar-refractivity contribution in [1.29, 1.82) is 0 Å². The molecule has 0 bridgehead atoms. The van der Waals surface area contributed by atoms with Crippen LogP contribution >= 0.6 is 0 Å². The van der Waals surface area contributed by atoms with Crippen molar-refractivity contribution in [1.82, 2.24) is 10.2 Å². The van der Waals surface area contributed by atoms with Crippen molar-refractivity contribution < 1.29 is 9.90 Å². The van der Waals surface area contributed by atoms with Gasteiger partial charge in [0.2, 0.25) is 6.41 Å². The summed E-state index contributed by atoms with van der Waals surface area (Å²) in [5, 5.41) is 10.2. The molecule has 0 aliphatic carbocycles. The maximum atomic E-state index is 9.34. The van der Waals surface area contributed by atoms with Gasteiger partial charge in [0.05, 0.1) is 6.61 Å². The number of hydrogen-bond acceptors (Lipinski definition) is 3. The lowest BCUT2D eigenvalue weighted by Gasteiger charge is -2.18. The molecule has 1 fully saturated rings. The molecular weight excluding hydrogens is 180 g/mol. The van der Waals surface area contributed by atoms with Crippen molar-refractivity contribution in [2.45, 2.75) is 32.7 Å². The molecule has 0 aromatic rings. The van der Waals surface area contributed by atoms with E-state index in [2.05, 4.69) is 24.1 Å². The van der Waals surface area contributed by atoms with Gasteiger partial charge in [0, 0.05) is 12.6 Å². The Morgan fingerprint density at radius 3 is 2.21 bits per heavy atom. The predicted octanol–water partition coefficient (Wildman–Crippen LogP) is 0.215. The Hall–Kier alpha value is -0.610. The fourth-order valence-electron chi connectivity index (χ4n) is 1.38. The van der Waals surface area contributed by atoms with E-state index in [1.54, 1.807) is 0 Å². The van der Waals surface area contributed by atoms with Crippen LogP contribution in [0.4, 0.5) is 0 Å². The summed E-state index contributed by atoms with van der Waals surface area (Å²) in [6, 6.07) is 0.775. The summed E-state index contributed by atoms with van der Waals surface area (Å²) in [5.41, 5.74) is 0. The first-order chi connectivity index (χ1) is 6.72. The number of rotatable bonds is 4. The van der Waals surface area contributed by atoms with E-state index in [-0.39, 0.29) is 6.61 Å². The molecule has 0 spiro atoms. The molecule has 0 radical (unpaired) electrons. The molecule has 1 saturated heterocycles. The highest BCUT2D eigenvalue weighted by Crippen LogP contribution is 2.09. The van der Waals surface area contributed by atoms with Crippen LogP contribution in [0.2, 0.25) is 0 Å². The minimum atomic E-state index is 0.0126. The lowest BCUT2D eigenvalue weighted by molar-refractivity contribution is -0.109. The van der Waals surface area contributed by atoms with Crippen LogP contribution in [0, 0.1) is 0 Å². The van der Waals surface area contributed by atoms with E-state index in [1.165, 1.54) is 25.9 Å². The number of carbonyl (C=O) groups is 1. The highest BCUT2D eigenvalue weighted by Gasteiger charge is 2.13. The molecule has 2 N–H and O–H groups in total. The monoisotopic (exact) mass is 202 g/mol. The van der Waals surface area contributed by atoms with Gasteiger partial charge in [0.25, 0.3) is 0 Å². The third kappa shape index (κ3) is 6.86. The number of carbonyl (C=O) groups excluding carboxylic acids is 1. The number of amides is 1. The second-order valence-corrected chi connectivity index (χ2v) is 3.63. The molecule has 1 rings (SSSR count). The van der Waals surface area contributed by atoms with Gasteiger partial charge in [-0.25, -0.2) is 0 Å². The van der Waals surface area contributed by atoms with Gasteiger partial charge < -0.3 is 15.3 Å². The van der Waals surface area contributed by atoms with Crippen LogP contribution in [0.5, 0.6) is 0 Å². The van der Waals surface area contributed by atoms with Crippen LogP contribution in [0.25, 0.3) is 0 Å². The Kier molecular flexibility index (Phi) is 8.57. The number of nitrogens with one attached hydrogen (secondary N) is 1. The minimum absolute atomic E-state index is 0.0126. The van der Waals surface area contributed by atoms with Crippen LogP contribution < -0.4 is 5.32 Å².